The third-order valence-electron chi connectivity index (χ3n) is 7.86. The molecule has 5 heterocycles. The molecular weight excluding hydrogens is 416 g/mol. The molecule has 1 unspecified atom stereocenters. The fourth-order valence-electron chi connectivity index (χ4n) is 6.04. The second-order valence-electron chi connectivity index (χ2n) is 9.97. The number of fused-ring (bicyclic) bond motifs is 3. The summed E-state index contributed by atoms with van der Waals surface area (Å²) in [6, 6.07) is 13.3. The Morgan fingerprint density at radius 1 is 1.06 bits per heavy atom. The highest BCUT2D eigenvalue weighted by molar-refractivity contribution is 7.08. The van der Waals surface area contributed by atoms with E-state index < -0.39 is 0 Å². The SMILES string of the molecule is O=C(NC[C@H]1C[C@@H]2CCN1C[C@@H]2CN1CCC(Cc2ccccc2)CC1)Nc1ccsc1. The van der Waals surface area contributed by atoms with Crippen LogP contribution < -0.4 is 10.6 Å². The average Bonchev–Trinajstić information content (AvgIpc) is 3.33. The molecule has 4 saturated heterocycles. The first kappa shape index (κ1) is 21.9. The van der Waals surface area contributed by atoms with Crippen molar-refractivity contribution in [1.29, 1.82) is 0 Å². The second kappa shape index (κ2) is 10.4. The van der Waals surface area contributed by atoms with Gasteiger partial charge in [-0.05, 0) is 86.5 Å². The van der Waals surface area contributed by atoms with Crippen LogP contribution in [0.1, 0.15) is 31.2 Å². The molecular formula is C26H36N4OS. The van der Waals surface area contributed by atoms with Crippen LogP contribution in [0.3, 0.4) is 0 Å². The number of hydrogen-bond acceptors (Lipinski definition) is 4. The summed E-state index contributed by atoms with van der Waals surface area (Å²) in [6.07, 6.45) is 6.47. The van der Waals surface area contributed by atoms with Crippen molar-refractivity contribution in [3.63, 3.8) is 0 Å². The average molecular weight is 453 g/mol. The standard InChI is InChI=1S/C26H36N4OS/c31-26(28-24-9-13-32-19-24)27-16-25-15-22-8-12-30(25)18-23(22)17-29-10-6-21(7-11-29)14-20-4-2-1-3-5-20/h1-5,9,13,19,21-23,25H,6-8,10-12,14-18H2,(H2,27,28,31)/t22-,23-,25+/m0/s1. The van der Waals surface area contributed by atoms with E-state index >= 15 is 0 Å². The number of urea groups is 1. The lowest BCUT2D eigenvalue weighted by Crippen LogP contribution is -2.59. The van der Waals surface area contributed by atoms with E-state index in [2.05, 4.69) is 50.8 Å². The van der Waals surface area contributed by atoms with Crippen LogP contribution in [0.25, 0.3) is 0 Å². The lowest BCUT2D eigenvalue weighted by molar-refractivity contribution is -0.0145. The van der Waals surface area contributed by atoms with Gasteiger partial charge in [0, 0.05) is 31.1 Å². The molecule has 4 fully saturated rings. The summed E-state index contributed by atoms with van der Waals surface area (Å²) in [7, 11) is 0. The Morgan fingerprint density at radius 3 is 2.62 bits per heavy atom. The van der Waals surface area contributed by atoms with Gasteiger partial charge in [0.2, 0.25) is 0 Å². The van der Waals surface area contributed by atoms with Crippen LogP contribution in [0, 0.1) is 17.8 Å². The van der Waals surface area contributed by atoms with Crippen LogP contribution in [0.2, 0.25) is 0 Å². The number of hydrogen-bond donors (Lipinski definition) is 2. The number of nitrogens with one attached hydrogen (secondary N) is 2. The van der Waals surface area contributed by atoms with Gasteiger partial charge >= 0.3 is 6.03 Å². The van der Waals surface area contributed by atoms with Gasteiger partial charge < -0.3 is 15.5 Å². The van der Waals surface area contributed by atoms with Crippen molar-refractivity contribution in [1.82, 2.24) is 15.1 Å². The number of amides is 2. The zero-order valence-electron chi connectivity index (χ0n) is 18.9. The lowest BCUT2D eigenvalue weighted by Gasteiger charge is -2.51. The first-order valence-corrected chi connectivity index (χ1v) is 13.2. The van der Waals surface area contributed by atoms with Crippen molar-refractivity contribution in [3.05, 3.63) is 52.7 Å². The first-order valence-electron chi connectivity index (χ1n) is 12.3. The van der Waals surface area contributed by atoms with Gasteiger partial charge in [-0.1, -0.05) is 30.3 Å². The number of carbonyl (C=O) groups excluding carboxylic acids is 1. The molecule has 0 aliphatic carbocycles. The van der Waals surface area contributed by atoms with Gasteiger partial charge in [-0.25, -0.2) is 4.79 Å². The molecule has 0 radical (unpaired) electrons. The lowest BCUT2D eigenvalue weighted by atomic mass is 9.75. The van der Waals surface area contributed by atoms with E-state index in [-0.39, 0.29) is 6.03 Å². The molecule has 2 N–H and O–H groups in total. The molecule has 4 aliphatic heterocycles. The Kier molecular flexibility index (Phi) is 7.10. The van der Waals surface area contributed by atoms with Crippen LogP contribution in [-0.2, 0) is 6.42 Å². The van der Waals surface area contributed by atoms with Gasteiger partial charge in [0.05, 0.1) is 5.69 Å². The van der Waals surface area contributed by atoms with Crippen LogP contribution in [0.4, 0.5) is 10.5 Å². The summed E-state index contributed by atoms with van der Waals surface area (Å²) < 4.78 is 0. The maximum Gasteiger partial charge on any atom is 0.319 e. The fourth-order valence-corrected chi connectivity index (χ4v) is 6.63. The number of rotatable bonds is 7. The molecule has 4 aliphatic rings. The van der Waals surface area contributed by atoms with Crippen LogP contribution >= 0.6 is 11.3 Å². The largest absolute Gasteiger partial charge is 0.336 e. The number of thiophene rings is 1. The van der Waals surface area contributed by atoms with Crippen molar-refractivity contribution in [2.75, 3.05) is 44.6 Å². The summed E-state index contributed by atoms with van der Waals surface area (Å²) in [5.74, 6) is 2.45. The minimum Gasteiger partial charge on any atom is -0.336 e. The predicted molar refractivity (Wildman–Crippen MR) is 132 cm³/mol. The van der Waals surface area contributed by atoms with Crippen LogP contribution in [0.15, 0.2) is 47.2 Å². The van der Waals surface area contributed by atoms with Gasteiger partial charge in [-0.3, -0.25) is 4.90 Å². The van der Waals surface area contributed by atoms with Crippen molar-refractivity contribution in [2.24, 2.45) is 17.8 Å². The molecule has 2 aromatic rings. The fraction of sp³-hybridized carbons (Fsp3) is 0.577. The maximum atomic E-state index is 12.2. The summed E-state index contributed by atoms with van der Waals surface area (Å²) >= 11 is 1.60. The predicted octanol–water partition coefficient (Wildman–Crippen LogP) is 4.53. The van der Waals surface area contributed by atoms with Gasteiger partial charge in [-0.15, -0.1) is 0 Å². The smallest absolute Gasteiger partial charge is 0.319 e. The molecule has 32 heavy (non-hydrogen) atoms. The van der Waals surface area contributed by atoms with E-state index in [4.69, 9.17) is 0 Å². The van der Waals surface area contributed by atoms with E-state index in [9.17, 15) is 4.79 Å². The third kappa shape index (κ3) is 5.53. The maximum absolute atomic E-state index is 12.2. The number of benzene rings is 1. The summed E-state index contributed by atoms with van der Waals surface area (Å²) in [6.45, 7) is 6.93. The van der Waals surface area contributed by atoms with Crippen LogP contribution in [0.5, 0.6) is 0 Å². The zero-order chi connectivity index (χ0) is 21.8. The molecule has 6 rings (SSSR count). The number of piperidine rings is 4. The third-order valence-corrected chi connectivity index (χ3v) is 8.54. The van der Waals surface area contributed by atoms with Crippen molar-refractivity contribution >= 4 is 23.1 Å². The Morgan fingerprint density at radius 2 is 1.91 bits per heavy atom. The van der Waals surface area contributed by atoms with E-state index in [0.717, 1.165) is 30.0 Å². The first-order chi connectivity index (χ1) is 15.7. The molecule has 1 aromatic carbocycles. The molecule has 2 amide bonds. The Bertz CT molecular complexity index is 850. The van der Waals surface area contributed by atoms with E-state index in [1.54, 1.807) is 11.3 Å². The molecule has 1 aromatic heterocycles. The topological polar surface area (TPSA) is 47.6 Å². The molecule has 0 saturated carbocycles. The van der Waals surface area contributed by atoms with E-state index in [0.29, 0.717) is 6.04 Å². The highest BCUT2D eigenvalue weighted by Crippen LogP contribution is 2.37. The van der Waals surface area contributed by atoms with Crippen LogP contribution in [-0.4, -0.2) is 61.1 Å². The molecule has 6 heteroatoms. The molecule has 2 bridgehead atoms. The van der Waals surface area contributed by atoms with Gasteiger partial charge in [0.15, 0.2) is 0 Å². The molecule has 4 atom stereocenters. The Hall–Kier alpha value is -1.89. The van der Waals surface area contributed by atoms with Gasteiger partial charge in [-0.2, -0.15) is 11.3 Å². The molecule has 5 nitrogen and oxygen atoms in total. The quantitative estimate of drug-likeness (QED) is 0.649. The minimum absolute atomic E-state index is 0.0824. The van der Waals surface area contributed by atoms with E-state index in [1.807, 2.05) is 16.8 Å². The highest BCUT2D eigenvalue weighted by Gasteiger charge is 2.40. The van der Waals surface area contributed by atoms with Crippen molar-refractivity contribution in [3.8, 4) is 0 Å². The van der Waals surface area contributed by atoms with E-state index in [1.165, 1.54) is 70.4 Å². The summed E-state index contributed by atoms with van der Waals surface area (Å²) in [5.41, 5.74) is 2.37. The minimum atomic E-state index is -0.0824. The Labute approximate surface area is 196 Å². The Balaban J connectivity index is 1.04. The number of anilines is 1. The zero-order valence-corrected chi connectivity index (χ0v) is 19.7. The van der Waals surface area contributed by atoms with Gasteiger partial charge in [0.1, 0.15) is 0 Å². The summed E-state index contributed by atoms with van der Waals surface area (Å²) in [4.78, 5) is 17.6. The van der Waals surface area contributed by atoms with Gasteiger partial charge in [0.25, 0.3) is 0 Å². The highest BCUT2D eigenvalue weighted by atomic mass is 32.1. The normalized spacial score (nSPS) is 28.5. The monoisotopic (exact) mass is 452 g/mol. The number of nitrogens with zero attached hydrogens (tertiary/aromatic N) is 2. The second-order valence-corrected chi connectivity index (χ2v) is 10.8. The molecule has 172 valence electrons. The summed E-state index contributed by atoms with van der Waals surface area (Å²) in [5, 5.41) is 9.96. The van der Waals surface area contributed by atoms with Crippen molar-refractivity contribution < 1.29 is 4.79 Å². The number of likely N-dealkylation sites (tertiary alicyclic amines) is 1. The molecule has 0 spiro atoms. The van der Waals surface area contributed by atoms with Crippen molar-refractivity contribution in [2.45, 2.75) is 38.1 Å². The number of carbonyl (C=O) groups is 1.